The van der Waals surface area contributed by atoms with Crippen LogP contribution >= 0.6 is 0 Å². The quantitative estimate of drug-likeness (QED) is 0.717. The topological polar surface area (TPSA) is 31.4 Å². The molecule has 0 aliphatic heterocycles. The van der Waals surface area contributed by atoms with Gasteiger partial charge in [0.25, 0.3) is 0 Å². The first-order valence-electron chi connectivity index (χ1n) is 4.80. The zero-order chi connectivity index (χ0) is 10.6. The number of rotatable bonds is 4. The lowest BCUT2D eigenvalue weighted by Gasteiger charge is -2.22. The third-order valence-electron chi connectivity index (χ3n) is 1.71. The van der Waals surface area contributed by atoms with Crippen LogP contribution < -0.4 is 4.43 Å². The summed E-state index contributed by atoms with van der Waals surface area (Å²) < 4.78 is 11.3. The molecule has 0 aliphatic rings. The number of hydrogen-bond donors (Lipinski definition) is 0. The van der Waals surface area contributed by atoms with E-state index in [4.69, 9.17) is 8.85 Å². The second kappa shape index (κ2) is 4.57. The van der Waals surface area contributed by atoms with Crippen molar-refractivity contribution < 1.29 is 8.85 Å². The van der Waals surface area contributed by atoms with Gasteiger partial charge in [-0.05, 0) is 39.1 Å². The first-order chi connectivity index (χ1) is 6.53. The maximum Gasteiger partial charge on any atom is 0.393 e. The molecule has 0 aromatic carbocycles. The summed E-state index contributed by atoms with van der Waals surface area (Å²) in [6, 6.07) is 5.75. The van der Waals surface area contributed by atoms with Crippen LogP contribution in [-0.2, 0) is 4.43 Å². The summed E-state index contributed by atoms with van der Waals surface area (Å²) in [4.78, 5) is 4.27. The Morgan fingerprint density at radius 1 is 1.36 bits per heavy atom. The summed E-state index contributed by atoms with van der Waals surface area (Å²) >= 11 is 0. The maximum absolute atomic E-state index is 5.73. The highest BCUT2D eigenvalue weighted by Gasteiger charge is 2.26. The maximum atomic E-state index is 5.73. The van der Waals surface area contributed by atoms with Crippen LogP contribution in [0.4, 0.5) is 0 Å². The molecular weight excluding hydrogens is 194 g/mol. The van der Waals surface area contributed by atoms with E-state index in [2.05, 4.69) is 4.98 Å². The molecule has 0 unspecified atom stereocenters. The predicted octanol–water partition coefficient (Wildman–Crippen LogP) is 2.51. The fraction of sp³-hybridized carbons (Fsp3) is 0.500. The van der Waals surface area contributed by atoms with Crippen molar-refractivity contribution in [2.45, 2.75) is 26.9 Å². The number of hydrogen-bond acceptors (Lipinski definition) is 3. The van der Waals surface area contributed by atoms with Crippen LogP contribution in [0, 0.1) is 6.92 Å². The summed E-state index contributed by atoms with van der Waals surface area (Å²) in [6.45, 7) is 8.63. The molecule has 0 atom stereocenters. The van der Waals surface area contributed by atoms with Crippen LogP contribution in [-0.4, -0.2) is 20.2 Å². The lowest BCUT2D eigenvalue weighted by Crippen LogP contribution is -2.38. The third kappa shape index (κ3) is 3.47. The van der Waals surface area contributed by atoms with Crippen LogP contribution in [0.1, 0.15) is 12.6 Å². The summed E-state index contributed by atoms with van der Waals surface area (Å²) in [5.74, 6) is 0.662. The van der Waals surface area contributed by atoms with Gasteiger partial charge in [0.1, 0.15) is 0 Å². The monoisotopic (exact) mass is 211 g/mol. The number of pyridine rings is 1. The Labute approximate surface area is 86.3 Å². The van der Waals surface area contributed by atoms with Gasteiger partial charge in [-0.3, -0.25) is 0 Å². The van der Waals surface area contributed by atoms with Gasteiger partial charge in [0, 0.05) is 12.3 Å². The Morgan fingerprint density at radius 3 is 2.64 bits per heavy atom. The highest BCUT2D eigenvalue weighted by atomic mass is 28.4. The molecule has 0 amide bonds. The Bertz CT molecular complexity index is 302. The van der Waals surface area contributed by atoms with Crippen molar-refractivity contribution in [3.05, 3.63) is 23.9 Å². The highest BCUT2D eigenvalue weighted by Crippen LogP contribution is 2.14. The predicted molar refractivity (Wildman–Crippen MR) is 58.7 cm³/mol. The number of aryl methyl sites for hydroxylation is 1. The van der Waals surface area contributed by atoms with E-state index in [0.29, 0.717) is 12.5 Å². The molecule has 78 valence electrons. The van der Waals surface area contributed by atoms with E-state index in [0.717, 1.165) is 5.69 Å². The van der Waals surface area contributed by atoms with Crippen molar-refractivity contribution in [3.8, 4) is 5.88 Å². The molecular formula is C10H17NO2Si. The minimum absolute atomic E-state index is 0.662. The fourth-order valence-electron chi connectivity index (χ4n) is 1.20. The van der Waals surface area contributed by atoms with Gasteiger partial charge in [0.05, 0.1) is 0 Å². The Kier molecular flexibility index (Phi) is 3.66. The summed E-state index contributed by atoms with van der Waals surface area (Å²) in [5, 5.41) is 0. The normalized spacial score (nSPS) is 11.4. The smallest absolute Gasteiger partial charge is 0.393 e. The Balaban J connectivity index is 2.68. The second-order valence-corrected chi connectivity index (χ2v) is 6.84. The first kappa shape index (κ1) is 11.2. The summed E-state index contributed by atoms with van der Waals surface area (Å²) in [7, 11) is -2.03. The fourth-order valence-corrected chi connectivity index (χ4v) is 2.58. The van der Waals surface area contributed by atoms with Gasteiger partial charge in [-0.15, -0.1) is 0 Å². The van der Waals surface area contributed by atoms with Gasteiger partial charge in [-0.2, -0.15) is 0 Å². The van der Waals surface area contributed by atoms with Crippen LogP contribution in [0.3, 0.4) is 0 Å². The van der Waals surface area contributed by atoms with E-state index in [1.54, 1.807) is 0 Å². The molecule has 0 radical (unpaired) electrons. The highest BCUT2D eigenvalue weighted by molar-refractivity contribution is 6.65. The van der Waals surface area contributed by atoms with Crippen molar-refractivity contribution in [1.29, 1.82) is 0 Å². The van der Waals surface area contributed by atoms with Gasteiger partial charge < -0.3 is 8.85 Å². The lowest BCUT2D eigenvalue weighted by atomic mass is 10.4. The van der Waals surface area contributed by atoms with Crippen LogP contribution in [0.5, 0.6) is 5.88 Å². The summed E-state index contributed by atoms with van der Waals surface area (Å²) in [5.41, 5.74) is 0.962. The second-order valence-electron chi connectivity index (χ2n) is 3.55. The molecule has 1 aromatic heterocycles. The van der Waals surface area contributed by atoms with E-state index in [9.17, 15) is 0 Å². The summed E-state index contributed by atoms with van der Waals surface area (Å²) in [6.07, 6.45) is 0. The molecule has 14 heavy (non-hydrogen) atoms. The van der Waals surface area contributed by atoms with Crippen molar-refractivity contribution in [2.24, 2.45) is 0 Å². The molecule has 0 saturated heterocycles. The number of nitrogens with zero attached hydrogens (tertiary/aromatic N) is 1. The van der Waals surface area contributed by atoms with Gasteiger partial charge >= 0.3 is 8.56 Å². The van der Waals surface area contributed by atoms with Gasteiger partial charge in [-0.25, -0.2) is 4.98 Å². The van der Waals surface area contributed by atoms with Crippen LogP contribution in [0.2, 0.25) is 13.1 Å². The average molecular weight is 211 g/mol. The van der Waals surface area contributed by atoms with Gasteiger partial charge in [-0.1, -0.05) is 6.07 Å². The molecule has 4 heteroatoms. The van der Waals surface area contributed by atoms with Crippen molar-refractivity contribution in [1.82, 2.24) is 4.98 Å². The van der Waals surface area contributed by atoms with Crippen molar-refractivity contribution in [2.75, 3.05) is 6.61 Å². The minimum Gasteiger partial charge on any atom is -0.506 e. The molecule has 0 N–H and O–H groups in total. The van der Waals surface area contributed by atoms with E-state index in [1.165, 1.54) is 0 Å². The molecule has 1 rings (SSSR count). The Hall–Kier alpha value is -0.873. The molecule has 0 saturated carbocycles. The zero-order valence-corrected chi connectivity index (χ0v) is 10.2. The SMILES string of the molecule is CCO[Si](C)(C)Oc1cccc(C)n1. The standard InChI is InChI=1S/C10H17NO2Si/c1-5-12-14(3,4)13-10-8-6-7-9(2)11-10/h6-8H,5H2,1-4H3. The van der Waals surface area contributed by atoms with E-state index >= 15 is 0 Å². The van der Waals surface area contributed by atoms with Gasteiger partial charge in [0.15, 0.2) is 0 Å². The van der Waals surface area contributed by atoms with Crippen molar-refractivity contribution in [3.63, 3.8) is 0 Å². The average Bonchev–Trinajstić information content (AvgIpc) is 2.02. The van der Waals surface area contributed by atoms with E-state index in [1.807, 2.05) is 45.1 Å². The van der Waals surface area contributed by atoms with Gasteiger partial charge in [0.2, 0.25) is 5.88 Å². The van der Waals surface area contributed by atoms with Crippen LogP contribution in [0.25, 0.3) is 0 Å². The van der Waals surface area contributed by atoms with E-state index < -0.39 is 8.56 Å². The molecule has 0 aliphatic carbocycles. The molecule has 0 spiro atoms. The molecule has 0 bridgehead atoms. The first-order valence-corrected chi connectivity index (χ1v) is 7.62. The molecule has 1 aromatic rings. The van der Waals surface area contributed by atoms with Crippen molar-refractivity contribution >= 4 is 8.56 Å². The zero-order valence-electron chi connectivity index (χ0n) is 9.20. The van der Waals surface area contributed by atoms with E-state index in [-0.39, 0.29) is 0 Å². The molecule has 3 nitrogen and oxygen atoms in total. The largest absolute Gasteiger partial charge is 0.506 e. The third-order valence-corrected chi connectivity index (χ3v) is 3.39. The molecule has 0 fully saturated rings. The Morgan fingerprint density at radius 2 is 2.07 bits per heavy atom. The minimum atomic E-state index is -2.03. The molecule has 1 heterocycles. The number of aromatic nitrogens is 1. The van der Waals surface area contributed by atoms with Crippen LogP contribution in [0.15, 0.2) is 18.2 Å². The lowest BCUT2D eigenvalue weighted by molar-refractivity contribution is 0.261.